The van der Waals surface area contributed by atoms with Crippen LogP contribution in [-0.4, -0.2) is 46.8 Å². The molecule has 0 saturated carbocycles. The third kappa shape index (κ3) is 4.46. The fourth-order valence-electron chi connectivity index (χ4n) is 4.04. The Morgan fingerprint density at radius 1 is 1.23 bits per heavy atom. The van der Waals surface area contributed by atoms with Crippen molar-refractivity contribution in [2.24, 2.45) is 11.3 Å². The first-order chi connectivity index (χ1) is 14.1. The van der Waals surface area contributed by atoms with Gasteiger partial charge in [-0.1, -0.05) is 32.9 Å². The Morgan fingerprint density at radius 2 is 1.93 bits per heavy atom. The predicted molar refractivity (Wildman–Crippen MR) is 115 cm³/mol. The van der Waals surface area contributed by atoms with Gasteiger partial charge in [0.1, 0.15) is 17.3 Å². The van der Waals surface area contributed by atoms with Gasteiger partial charge in [0.15, 0.2) is 5.78 Å². The monoisotopic (exact) mass is 414 g/mol. The highest BCUT2D eigenvalue weighted by atomic mass is 19.1. The van der Waals surface area contributed by atoms with Gasteiger partial charge in [-0.2, -0.15) is 0 Å². The molecule has 0 radical (unpaired) electrons. The number of aromatic nitrogens is 2. The van der Waals surface area contributed by atoms with E-state index in [4.69, 9.17) is 0 Å². The highest BCUT2D eigenvalue weighted by Crippen LogP contribution is 2.33. The Hall–Kier alpha value is -2.54. The van der Waals surface area contributed by atoms with E-state index in [1.807, 2.05) is 32.4 Å². The van der Waals surface area contributed by atoms with Crippen molar-refractivity contribution in [1.82, 2.24) is 19.8 Å². The van der Waals surface area contributed by atoms with Gasteiger partial charge in [-0.15, -0.1) is 0 Å². The van der Waals surface area contributed by atoms with Gasteiger partial charge in [-0.05, 0) is 37.6 Å². The van der Waals surface area contributed by atoms with Crippen LogP contribution < -0.4 is 5.32 Å². The van der Waals surface area contributed by atoms with Crippen molar-refractivity contribution in [2.75, 3.05) is 20.6 Å². The minimum Gasteiger partial charge on any atom is -0.359 e. The summed E-state index contributed by atoms with van der Waals surface area (Å²) in [6, 6.07) is 6.51. The van der Waals surface area contributed by atoms with Crippen molar-refractivity contribution in [3.63, 3.8) is 0 Å². The van der Waals surface area contributed by atoms with Crippen LogP contribution in [0.15, 0.2) is 24.3 Å². The highest BCUT2D eigenvalue weighted by molar-refractivity contribution is 5.98. The van der Waals surface area contributed by atoms with Crippen molar-refractivity contribution in [3.05, 3.63) is 41.5 Å². The van der Waals surface area contributed by atoms with Crippen LogP contribution in [0, 0.1) is 17.2 Å². The summed E-state index contributed by atoms with van der Waals surface area (Å²) < 4.78 is 16.5. The number of nitrogens with one attached hydrogen (secondary N) is 1. The van der Waals surface area contributed by atoms with E-state index in [2.05, 4.69) is 15.2 Å². The number of hydrogen-bond donors (Lipinski definition) is 1. The van der Waals surface area contributed by atoms with Crippen LogP contribution in [0.5, 0.6) is 0 Å². The van der Waals surface area contributed by atoms with Crippen LogP contribution in [0.1, 0.15) is 49.8 Å². The molecule has 1 amide bonds. The van der Waals surface area contributed by atoms with Gasteiger partial charge < -0.3 is 14.8 Å². The number of ketones is 1. The lowest BCUT2D eigenvalue weighted by molar-refractivity contribution is -0.127. The molecule has 1 atom stereocenters. The number of Topliss-reactive ketones (excluding diaryl/α,β-unsaturated/α-hetero) is 1. The molecule has 6 nitrogen and oxygen atoms in total. The maximum absolute atomic E-state index is 14.6. The van der Waals surface area contributed by atoms with Crippen molar-refractivity contribution in [2.45, 2.75) is 46.7 Å². The van der Waals surface area contributed by atoms with E-state index in [-0.39, 0.29) is 29.3 Å². The zero-order valence-electron chi connectivity index (χ0n) is 18.5. The van der Waals surface area contributed by atoms with Crippen molar-refractivity contribution >= 4 is 11.7 Å². The molecule has 30 heavy (non-hydrogen) atoms. The molecule has 0 saturated heterocycles. The number of nitrogens with zero attached hydrogens (tertiary/aromatic N) is 3. The number of imidazole rings is 1. The number of benzene rings is 1. The highest BCUT2D eigenvalue weighted by Gasteiger charge is 2.35. The first kappa shape index (κ1) is 22.2. The molecule has 0 spiro atoms. The van der Waals surface area contributed by atoms with Crippen molar-refractivity contribution in [3.8, 4) is 11.4 Å². The Balaban J connectivity index is 2.07. The van der Waals surface area contributed by atoms with Gasteiger partial charge in [-0.3, -0.25) is 9.59 Å². The van der Waals surface area contributed by atoms with Crippen LogP contribution in [0.4, 0.5) is 4.39 Å². The van der Waals surface area contributed by atoms with Crippen molar-refractivity contribution < 1.29 is 14.0 Å². The van der Waals surface area contributed by atoms with Gasteiger partial charge >= 0.3 is 0 Å². The fourth-order valence-corrected chi connectivity index (χ4v) is 4.04. The standard InChI is InChI=1S/C23H31FN4O2/c1-23(2,3)16(22(30)25-4)13-19(29)20-18-14-27(5)11-8-12-28(18)21(26-20)15-9-6-7-10-17(15)24/h6-7,9-10,16H,8,11-14H2,1-5H3,(H,25,30)/t16-/m1/s1. The Morgan fingerprint density at radius 3 is 2.57 bits per heavy atom. The summed E-state index contributed by atoms with van der Waals surface area (Å²) >= 11 is 0. The van der Waals surface area contributed by atoms with Crippen LogP contribution in [0.2, 0.25) is 0 Å². The number of fused-ring (bicyclic) bond motifs is 1. The topological polar surface area (TPSA) is 67.2 Å². The lowest BCUT2D eigenvalue weighted by atomic mass is 9.77. The van der Waals surface area contributed by atoms with E-state index in [0.29, 0.717) is 30.2 Å². The normalized spacial score (nSPS) is 15.9. The molecule has 1 aromatic carbocycles. The Bertz CT molecular complexity index is 945. The second-order valence-corrected chi connectivity index (χ2v) is 9.11. The van der Waals surface area contributed by atoms with Gasteiger partial charge in [0.2, 0.25) is 5.91 Å². The van der Waals surface area contributed by atoms with E-state index in [9.17, 15) is 14.0 Å². The fraction of sp³-hybridized carbons (Fsp3) is 0.522. The number of amides is 1. The van der Waals surface area contributed by atoms with Crippen LogP contribution >= 0.6 is 0 Å². The van der Waals surface area contributed by atoms with Crippen LogP contribution in [-0.2, 0) is 17.9 Å². The third-order valence-electron chi connectivity index (χ3n) is 5.79. The average molecular weight is 415 g/mol. The number of rotatable bonds is 5. The first-order valence-corrected chi connectivity index (χ1v) is 10.4. The second-order valence-electron chi connectivity index (χ2n) is 9.11. The van der Waals surface area contributed by atoms with Gasteiger partial charge in [0.05, 0.1) is 17.2 Å². The molecule has 0 bridgehead atoms. The van der Waals surface area contributed by atoms with E-state index < -0.39 is 5.92 Å². The number of hydrogen-bond acceptors (Lipinski definition) is 4. The van der Waals surface area contributed by atoms with Crippen LogP contribution in [0.25, 0.3) is 11.4 Å². The molecule has 1 aliphatic heterocycles. The molecule has 0 fully saturated rings. The quantitative estimate of drug-likeness (QED) is 0.761. The summed E-state index contributed by atoms with van der Waals surface area (Å²) in [5.41, 5.74) is 1.15. The molecule has 0 aliphatic carbocycles. The van der Waals surface area contributed by atoms with E-state index in [1.165, 1.54) is 6.07 Å². The van der Waals surface area contributed by atoms with E-state index in [0.717, 1.165) is 18.7 Å². The molecule has 1 aliphatic rings. The van der Waals surface area contributed by atoms with Crippen molar-refractivity contribution in [1.29, 1.82) is 0 Å². The summed E-state index contributed by atoms with van der Waals surface area (Å²) in [6.45, 7) is 7.96. The number of carbonyl (C=O) groups is 2. The smallest absolute Gasteiger partial charge is 0.223 e. The number of carbonyl (C=O) groups excluding carboxylic acids is 2. The summed E-state index contributed by atoms with van der Waals surface area (Å²) in [4.78, 5) is 32.6. The zero-order chi connectivity index (χ0) is 22.1. The minimum absolute atomic E-state index is 0.0631. The SMILES string of the molecule is CNC(=O)[C@@H](CC(=O)c1nc(-c2ccccc2F)n2c1CN(C)CCC2)C(C)(C)C. The first-order valence-electron chi connectivity index (χ1n) is 10.4. The van der Waals surface area contributed by atoms with Gasteiger partial charge in [0, 0.05) is 26.6 Å². The molecule has 2 aromatic rings. The number of halogens is 1. The molecule has 162 valence electrons. The molecular formula is C23H31FN4O2. The summed E-state index contributed by atoms with van der Waals surface area (Å²) in [5.74, 6) is -0.700. The molecule has 0 unspecified atom stereocenters. The van der Waals surface area contributed by atoms with Gasteiger partial charge in [0.25, 0.3) is 0 Å². The predicted octanol–water partition coefficient (Wildman–Crippen LogP) is 3.51. The zero-order valence-corrected chi connectivity index (χ0v) is 18.5. The lowest BCUT2D eigenvalue weighted by Crippen LogP contribution is -2.37. The molecular weight excluding hydrogens is 383 g/mol. The van der Waals surface area contributed by atoms with Gasteiger partial charge in [-0.25, -0.2) is 9.37 Å². The summed E-state index contributed by atoms with van der Waals surface area (Å²) in [7, 11) is 3.58. The Kier molecular flexibility index (Phi) is 6.41. The lowest BCUT2D eigenvalue weighted by Gasteiger charge is -2.28. The average Bonchev–Trinajstić information content (AvgIpc) is 2.91. The minimum atomic E-state index is -0.479. The van der Waals surface area contributed by atoms with E-state index in [1.54, 1.807) is 25.2 Å². The second kappa shape index (κ2) is 8.68. The third-order valence-corrected chi connectivity index (χ3v) is 5.79. The molecule has 7 heteroatoms. The van der Waals surface area contributed by atoms with Crippen LogP contribution in [0.3, 0.4) is 0 Å². The molecule has 1 N–H and O–H groups in total. The molecule has 2 heterocycles. The molecule has 1 aromatic heterocycles. The maximum Gasteiger partial charge on any atom is 0.223 e. The summed E-state index contributed by atoms with van der Waals surface area (Å²) in [6.07, 6.45) is 0.950. The van der Waals surface area contributed by atoms with E-state index >= 15 is 0 Å². The largest absolute Gasteiger partial charge is 0.359 e. The Labute approximate surface area is 177 Å². The summed E-state index contributed by atoms with van der Waals surface area (Å²) in [5, 5.41) is 2.67. The maximum atomic E-state index is 14.6. The molecule has 3 rings (SSSR count).